The van der Waals surface area contributed by atoms with Gasteiger partial charge in [0.1, 0.15) is 11.6 Å². The van der Waals surface area contributed by atoms with Crippen molar-refractivity contribution in [1.29, 1.82) is 0 Å². The lowest BCUT2D eigenvalue weighted by Gasteiger charge is -2.21. The Morgan fingerprint density at radius 3 is 2.50 bits per heavy atom. The average Bonchev–Trinajstić information content (AvgIpc) is 2.22. The van der Waals surface area contributed by atoms with Gasteiger partial charge in [-0.2, -0.15) is 0 Å². The molecular formula is C14H19FO. The lowest BCUT2D eigenvalue weighted by molar-refractivity contribution is -0.126. The third-order valence-electron chi connectivity index (χ3n) is 3.29. The number of carbonyl (C=O) groups is 1. The minimum absolute atomic E-state index is 0.213. The Balaban J connectivity index is 2.85. The molecule has 0 bridgehead atoms. The first-order valence-electron chi connectivity index (χ1n) is 5.65. The Morgan fingerprint density at radius 2 is 2.00 bits per heavy atom. The molecule has 0 aromatic heterocycles. The van der Waals surface area contributed by atoms with Gasteiger partial charge in [-0.15, -0.1) is 0 Å². The summed E-state index contributed by atoms with van der Waals surface area (Å²) in [6.45, 7) is 7.75. The highest BCUT2D eigenvalue weighted by Gasteiger charge is 2.25. The molecule has 16 heavy (non-hydrogen) atoms. The number of Topliss-reactive ketones (excluding diaryl/α,β-unsaturated/α-hetero) is 1. The van der Waals surface area contributed by atoms with Crippen molar-refractivity contribution in [2.45, 2.75) is 40.5 Å². The number of ketones is 1. The second kappa shape index (κ2) is 4.77. The molecule has 0 unspecified atom stereocenters. The molecule has 0 saturated carbocycles. The quantitative estimate of drug-likeness (QED) is 0.759. The highest BCUT2D eigenvalue weighted by atomic mass is 19.1. The van der Waals surface area contributed by atoms with Crippen LogP contribution in [0, 0.1) is 18.2 Å². The molecule has 88 valence electrons. The van der Waals surface area contributed by atoms with Crippen LogP contribution < -0.4 is 0 Å². The first kappa shape index (κ1) is 12.9. The average molecular weight is 222 g/mol. The van der Waals surface area contributed by atoms with E-state index < -0.39 is 0 Å². The summed E-state index contributed by atoms with van der Waals surface area (Å²) in [6, 6.07) is 4.59. The van der Waals surface area contributed by atoms with E-state index in [0.717, 1.165) is 17.5 Å². The van der Waals surface area contributed by atoms with Gasteiger partial charge in [0.25, 0.3) is 0 Å². The van der Waals surface area contributed by atoms with Gasteiger partial charge in [-0.05, 0) is 36.6 Å². The van der Waals surface area contributed by atoms with Crippen molar-refractivity contribution in [3.05, 3.63) is 35.1 Å². The molecule has 0 saturated heterocycles. The molecule has 0 heterocycles. The van der Waals surface area contributed by atoms with Crippen LogP contribution in [0.2, 0.25) is 0 Å². The van der Waals surface area contributed by atoms with Crippen LogP contribution in [0.15, 0.2) is 18.2 Å². The van der Waals surface area contributed by atoms with E-state index in [1.807, 2.05) is 27.7 Å². The first-order valence-corrected chi connectivity index (χ1v) is 5.65. The van der Waals surface area contributed by atoms with Gasteiger partial charge < -0.3 is 0 Å². The van der Waals surface area contributed by atoms with Crippen LogP contribution in [0.1, 0.15) is 38.3 Å². The lowest BCUT2D eigenvalue weighted by atomic mass is 9.82. The van der Waals surface area contributed by atoms with Crippen molar-refractivity contribution >= 4 is 5.78 Å². The Morgan fingerprint density at radius 1 is 1.38 bits per heavy atom. The zero-order valence-electron chi connectivity index (χ0n) is 10.4. The molecule has 0 aliphatic carbocycles. The second-order valence-corrected chi connectivity index (χ2v) is 4.91. The van der Waals surface area contributed by atoms with Gasteiger partial charge in [-0.3, -0.25) is 4.79 Å². The lowest BCUT2D eigenvalue weighted by Crippen LogP contribution is -2.25. The monoisotopic (exact) mass is 222 g/mol. The number of hydrogen-bond acceptors (Lipinski definition) is 1. The van der Waals surface area contributed by atoms with Gasteiger partial charge in [-0.1, -0.05) is 26.8 Å². The van der Waals surface area contributed by atoms with Gasteiger partial charge in [0, 0.05) is 11.8 Å². The van der Waals surface area contributed by atoms with E-state index in [9.17, 15) is 9.18 Å². The molecule has 1 rings (SSSR count). The number of aryl methyl sites for hydroxylation is 1. The van der Waals surface area contributed by atoms with E-state index in [0.29, 0.717) is 6.42 Å². The van der Waals surface area contributed by atoms with E-state index in [1.165, 1.54) is 12.1 Å². The first-order chi connectivity index (χ1) is 7.36. The molecular weight excluding hydrogens is 203 g/mol. The number of hydrogen-bond donors (Lipinski definition) is 0. The van der Waals surface area contributed by atoms with Gasteiger partial charge in [0.05, 0.1) is 0 Å². The van der Waals surface area contributed by atoms with Gasteiger partial charge in [-0.25, -0.2) is 4.39 Å². The Labute approximate surface area is 96.7 Å². The van der Waals surface area contributed by atoms with Crippen molar-refractivity contribution in [3.8, 4) is 0 Å². The summed E-state index contributed by atoms with van der Waals surface area (Å²) in [5.74, 6) is -0.0341. The molecule has 1 aromatic rings. The van der Waals surface area contributed by atoms with E-state index in [1.54, 1.807) is 6.07 Å². The van der Waals surface area contributed by atoms with Crippen molar-refractivity contribution in [2.24, 2.45) is 5.41 Å². The second-order valence-electron chi connectivity index (χ2n) is 4.91. The normalized spacial score (nSPS) is 11.6. The maximum Gasteiger partial charge on any atom is 0.142 e. The number of rotatable bonds is 4. The van der Waals surface area contributed by atoms with Gasteiger partial charge in [0.15, 0.2) is 0 Å². The molecule has 0 atom stereocenters. The number of benzene rings is 1. The molecule has 0 aliphatic rings. The summed E-state index contributed by atoms with van der Waals surface area (Å²) >= 11 is 0. The van der Waals surface area contributed by atoms with Crippen LogP contribution in [0.4, 0.5) is 4.39 Å². The van der Waals surface area contributed by atoms with Crippen LogP contribution in [0.3, 0.4) is 0 Å². The number of halogens is 1. The number of carbonyl (C=O) groups excluding carboxylic acids is 1. The predicted octanol–water partition coefficient (Wildman–Crippen LogP) is 3.68. The summed E-state index contributed by atoms with van der Waals surface area (Å²) in [5, 5.41) is 0. The third-order valence-corrected chi connectivity index (χ3v) is 3.29. The van der Waals surface area contributed by atoms with Gasteiger partial charge >= 0.3 is 0 Å². The molecule has 0 fully saturated rings. The van der Waals surface area contributed by atoms with Crippen LogP contribution in [0.5, 0.6) is 0 Å². The molecule has 0 spiro atoms. The fourth-order valence-corrected chi connectivity index (χ4v) is 1.47. The standard InChI is InChI=1S/C14H19FO/c1-5-14(3,4)13(16)9-11-6-7-12(15)8-10(11)2/h6-8H,5,9H2,1-4H3. The van der Waals surface area contributed by atoms with Crippen LogP contribution in [-0.4, -0.2) is 5.78 Å². The summed E-state index contributed by atoms with van der Waals surface area (Å²) in [4.78, 5) is 12.0. The van der Waals surface area contributed by atoms with Crippen molar-refractivity contribution < 1.29 is 9.18 Å². The van der Waals surface area contributed by atoms with E-state index in [4.69, 9.17) is 0 Å². The van der Waals surface area contributed by atoms with Crippen LogP contribution >= 0.6 is 0 Å². The molecule has 1 nitrogen and oxygen atoms in total. The van der Waals surface area contributed by atoms with E-state index in [-0.39, 0.29) is 17.0 Å². The smallest absolute Gasteiger partial charge is 0.142 e. The molecule has 0 N–H and O–H groups in total. The molecule has 0 radical (unpaired) electrons. The fraction of sp³-hybridized carbons (Fsp3) is 0.500. The van der Waals surface area contributed by atoms with Crippen molar-refractivity contribution in [2.75, 3.05) is 0 Å². The van der Waals surface area contributed by atoms with Crippen LogP contribution in [-0.2, 0) is 11.2 Å². The fourth-order valence-electron chi connectivity index (χ4n) is 1.47. The summed E-state index contributed by atoms with van der Waals surface area (Å²) in [6.07, 6.45) is 1.22. The summed E-state index contributed by atoms with van der Waals surface area (Å²) < 4.78 is 12.9. The molecule has 1 aromatic carbocycles. The summed E-state index contributed by atoms with van der Waals surface area (Å²) in [7, 11) is 0. The minimum atomic E-state index is -0.291. The maximum absolute atomic E-state index is 12.9. The minimum Gasteiger partial charge on any atom is -0.299 e. The maximum atomic E-state index is 12.9. The molecule has 0 amide bonds. The predicted molar refractivity (Wildman–Crippen MR) is 63.9 cm³/mol. The molecule has 0 aliphatic heterocycles. The summed E-state index contributed by atoms with van der Waals surface area (Å²) in [5.41, 5.74) is 1.48. The molecule has 2 heteroatoms. The highest BCUT2D eigenvalue weighted by Crippen LogP contribution is 2.24. The Hall–Kier alpha value is -1.18. The van der Waals surface area contributed by atoms with Crippen LogP contribution in [0.25, 0.3) is 0 Å². The Kier molecular flexibility index (Phi) is 3.84. The van der Waals surface area contributed by atoms with Crippen molar-refractivity contribution in [3.63, 3.8) is 0 Å². The Bertz CT molecular complexity index is 394. The van der Waals surface area contributed by atoms with Gasteiger partial charge in [0.2, 0.25) is 0 Å². The zero-order valence-corrected chi connectivity index (χ0v) is 10.4. The largest absolute Gasteiger partial charge is 0.299 e. The highest BCUT2D eigenvalue weighted by molar-refractivity contribution is 5.86. The van der Waals surface area contributed by atoms with E-state index in [2.05, 4.69) is 0 Å². The van der Waals surface area contributed by atoms with E-state index >= 15 is 0 Å². The van der Waals surface area contributed by atoms with Crippen molar-refractivity contribution in [1.82, 2.24) is 0 Å². The SMILES string of the molecule is CCC(C)(C)C(=O)Cc1ccc(F)cc1C. The zero-order chi connectivity index (χ0) is 12.3. The third kappa shape index (κ3) is 2.91. The topological polar surface area (TPSA) is 17.1 Å².